The molecule has 1 aromatic heterocycles. The summed E-state index contributed by atoms with van der Waals surface area (Å²) in [5.41, 5.74) is -0.234. The minimum Gasteiger partial charge on any atom is -0.455 e. The predicted octanol–water partition coefficient (Wildman–Crippen LogP) is 3.84. The van der Waals surface area contributed by atoms with Gasteiger partial charge < -0.3 is 4.74 Å². The molecule has 0 spiro atoms. The van der Waals surface area contributed by atoms with Crippen molar-refractivity contribution in [3.05, 3.63) is 41.2 Å². The van der Waals surface area contributed by atoms with Gasteiger partial charge in [-0.1, -0.05) is 17.7 Å². The van der Waals surface area contributed by atoms with E-state index in [1.807, 2.05) is 26.8 Å². The van der Waals surface area contributed by atoms with Gasteiger partial charge in [-0.15, -0.1) is 0 Å². The van der Waals surface area contributed by atoms with Crippen LogP contribution in [-0.4, -0.2) is 16.6 Å². The number of hydrogen-bond acceptors (Lipinski definition) is 3. The molecule has 3 nitrogen and oxygen atoms in total. The van der Waals surface area contributed by atoms with Crippen molar-refractivity contribution in [2.75, 3.05) is 0 Å². The number of hydrogen-bond donors (Lipinski definition) is 0. The molecule has 4 heteroatoms. The van der Waals surface area contributed by atoms with Gasteiger partial charge >= 0.3 is 5.97 Å². The van der Waals surface area contributed by atoms with Crippen LogP contribution in [-0.2, 0) is 4.74 Å². The summed E-state index contributed by atoms with van der Waals surface area (Å²) in [6.07, 6.45) is 1.64. The van der Waals surface area contributed by atoms with E-state index in [9.17, 15) is 4.79 Å². The Kier molecular flexibility index (Phi) is 3.26. The predicted molar refractivity (Wildman–Crippen MR) is 71.9 cm³/mol. The molecule has 0 aliphatic rings. The molecule has 2 aromatic rings. The molecule has 0 atom stereocenters. The molecule has 2 rings (SSSR count). The Labute approximate surface area is 111 Å². The standard InChI is InChI=1S/C14H14ClNO2/c1-14(2,3)18-13(17)12-7-10-6-11(15)5-4-9(10)8-16-12/h4-8H,1-3H3. The molecule has 0 saturated carbocycles. The fraction of sp³-hybridized carbons (Fsp3) is 0.286. The second-order valence-corrected chi connectivity index (χ2v) is 5.50. The molecule has 0 aliphatic heterocycles. The highest BCUT2D eigenvalue weighted by Gasteiger charge is 2.18. The lowest BCUT2D eigenvalue weighted by Gasteiger charge is -2.19. The Morgan fingerprint density at radius 3 is 2.61 bits per heavy atom. The van der Waals surface area contributed by atoms with Gasteiger partial charge in [0.15, 0.2) is 0 Å². The van der Waals surface area contributed by atoms with E-state index >= 15 is 0 Å². The smallest absolute Gasteiger partial charge is 0.357 e. The van der Waals surface area contributed by atoms with E-state index in [0.29, 0.717) is 10.7 Å². The normalized spacial score (nSPS) is 11.6. The van der Waals surface area contributed by atoms with Crippen LogP contribution in [0.1, 0.15) is 31.3 Å². The number of nitrogens with zero attached hydrogens (tertiary/aromatic N) is 1. The van der Waals surface area contributed by atoms with E-state index in [1.165, 1.54) is 0 Å². The zero-order chi connectivity index (χ0) is 13.3. The lowest BCUT2D eigenvalue weighted by molar-refractivity contribution is 0.00631. The number of halogens is 1. The molecule has 0 amide bonds. The Hall–Kier alpha value is -1.61. The molecule has 1 aromatic carbocycles. The third kappa shape index (κ3) is 2.99. The number of carbonyl (C=O) groups excluding carboxylic acids is 1. The van der Waals surface area contributed by atoms with Crippen LogP contribution in [0.25, 0.3) is 10.8 Å². The molecule has 94 valence electrons. The molecule has 0 aliphatic carbocycles. The number of benzene rings is 1. The van der Waals surface area contributed by atoms with Gasteiger partial charge in [-0.25, -0.2) is 9.78 Å². The van der Waals surface area contributed by atoms with Gasteiger partial charge in [0.05, 0.1) is 0 Å². The van der Waals surface area contributed by atoms with Crippen molar-refractivity contribution in [2.45, 2.75) is 26.4 Å². The minimum atomic E-state index is -0.526. The van der Waals surface area contributed by atoms with Crippen LogP contribution in [0.2, 0.25) is 5.02 Å². The minimum absolute atomic E-state index is 0.291. The van der Waals surface area contributed by atoms with Gasteiger partial charge in [0.25, 0.3) is 0 Å². The maximum Gasteiger partial charge on any atom is 0.357 e. The van der Waals surface area contributed by atoms with Crippen molar-refractivity contribution in [3.8, 4) is 0 Å². The van der Waals surface area contributed by atoms with Crippen LogP contribution < -0.4 is 0 Å². The third-order valence-corrected chi connectivity index (χ3v) is 2.53. The van der Waals surface area contributed by atoms with E-state index in [4.69, 9.17) is 16.3 Å². The Bertz CT molecular complexity index is 602. The summed E-state index contributed by atoms with van der Waals surface area (Å²) >= 11 is 5.92. The van der Waals surface area contributed by atoms with Crippen LogP contribution in [0.3, 0.4) is 0 Å². The van der Waals surface area contributed by atoms with E-state index in [0.717, 1.165) is 10.8 Å². The summed E-state index contributed by atoms with van der Waals surface area (Å²) < 4.78 is 5.27. The summed E-state index contributed by atoms with van der Waals surface area (Å²) in [6.45, 7) is 5.47. The molecule has 0 N–H and O–H groups in total. The molecule has 0 radical (unpaired) electrons. The van der Waals surface area contributed by atoms with Crippen LogP contribution >= 0.6 is 11.6 Å². The number of rotatable bonds is 1. The number of esters is 1. The molecule has 18 heavy (non-hydrogen) atoms. The summed E-state index contributed by atoms with van der Waals surface area (Å²) in [5.74, 6) is -0.427. The highest BCUT2D eigenvalue weighted by molar-refractivity contribution is 6.31. The average Bonchev–Trinajstić information content (AvgIpc) is 2.25. The first kappa shape index (κ1) is 12.8. The van der Waals surface area contributed by atoms with Crippen LogP contribution in [0.5, 0.6) is 0 Å². The maximum atomic E-state index is 11.9. The fourth-order valence-electron chi connectivity index (χ4n) is 1.55. The largest absolute Gasteiger partial charge is 0.455 e. The number of aromatic nitrogens is 1. The monoisotopic (exact) mass is 263 g/mol. The SMILES string of the molecule is CC(C)(C)OC(=O)c1cc2cc(Cl)ccc2cn1. The Balaban J connectivity index is 2.37. The zero-order valence-electron chi connectivity index (χ0n) is 10.5. The molecule has 0 unspecified atom stereocenters. The van der Waals surface area contributed by atoms with Crippen molar-refractivity contribution in [2.24, 2.45) is 0 Å². The van der Waals surface area contributed by atoms with Crippen molar-refractivity contribution in [1.29, 1.82) is 0 Å². The lowest BCUT2D eigenvalue weighted by atomic mass is 10.1. The van der Waals surface area contributed by atoms with Crippen LogP contribution in [0.15, 0.2) is 30.5 Å². The molecule has 0 fully saturated rings. The first-order valence-corrected chi connectivity index (χ1v) is 6.02. The van der Waals surface area contributed by atoms with Gasteiger partial charge in [-0.3, -0.25) is 0 Å². The fourth-order valence-corrected chi connectivity index (χ4v) is 1.73. The molecule has 0 bridgehead atoms. The van der Waals surface area contributed by atoms with Crippen LogP contribution in [0.4, 0.5) is 0 Å². The molecule has 0 saturated heterocycles. The van der Waals surface area contributed by atoms with Crippen molar-refractivity contribution in [1.82, 2.24) is 4.98 Å². The topological polar surface area (TPSA) is 39.2 Å². The summed E-state index contributed by atoms with van der Waals surface area (Å²) in [6, 6.07) is 7.14. The number of fused-ring (bicyclic) bond motifs is 1. The highest BCUT2D eigenvalue weighted by atomic mass is 35.5. The second-order valence-electron chi connectivity index (χ2n) is 5.06. The third-order valence-electron chi connectivity index (χ3n) is 2.29. The van der Waals surface area contributed by atoms with Crippen molar-refractivity contribution in [3.63, 3.8) is 0 Å². The van der Waals surface area contributed by atoms with E-state index in [1.54, 1.807) is 24.4 Å². The van der Waals surface area contributed by atoms with Gasteiger partial charge in [-0.05, 0) is 44.4 Å². The molecular weight excluding hydrogens is 250 g/mol. The second kappa shape index (κ2) is 4.58. The summed E-state index contributed by atoms with van der Waals surface area (Å²) in [5, 5.41) is 2.44. The van der Waals surface area contributed by atoms with E-state index in [2.05, 4.69) is 4.98 Å². The van der Waals surface area contributed by atoms with Gasteiger partial charge in [-0.2, -0.15) is 0 Å². The van der Waals surface area contributed by atoms with Gasteiger partial charge in [0.2, 0.25) is 0 Å². The van der Waals surface area contributed by atoms with E-state index < -0.39 is 11.6 Å². The zero-order valence-corrected chi connectivity index (χ0v) is 11.3. The van der Waals surface area contributed by atoms with Crippen LogP contribution in [0, 0.1) is 0 Å². The average molecular weight is 264 g/mol. The Morgan fingerprint density at radius 1 is 1.22 bits per heavy atom. The van der Waals surface area contributed by atoms with Gasteiger partial charge in [0.1, 0.15) is 11.3 Å². The van der Waals surface area contributed by atoms with Crippen molar-refractivity contribution >= 4 is 28.3 Å². The molecular formula is C14H14ClNO2. The number of carbonyl (C=O) groups is 1. The number of pyridine rings is 1. The summed E-state index contributed by atoms with van der Waals surface area (Å²) in [7, 11) is 0. The quantitative estimate of drug-likeness (QED) is 0.734. The lowest BCUT2D eigenvalue weighted by Crippen LogP contribution is -2.24. The molecule has 1 heterocycles. The first-order valence-electron chi connectivity index (χ1n) is 5.64. The number of ether oxygens (including phenoxy) is 1. The highest BCUT2D eigenvalue weighted by Crippen LogP contribution is 2.20. The van der Waals surface area contributed by atoms with Crippen molar-refractivity contribution < 1.29 is 9.53 Å². The summed E-state index contributed by atoms with van der Waals surface area (Å²) in [4.78, 5) is 16.0. The first-order chi connectivity index (χ1) is 8.35. The Morgan fingerprint density at radius 2 is 1.94 bits per heavy atom. The van der Waals surface area contributed by atoms with E-state index in [-0.39, 0.29) is 0 Å². The van der Waals surface area contributed by atoms with Gasteiger partial charge in [0, 0.05) is 16.6 Å². The maximum absolute atomic E-state index is 11.9.